The molecule has 0 aliphatic rings. The Hall–Kier alpha value is -1.78. The Kier molecular flexibility index (Phi) is 1.55. The number of hydrogen-bond donors (Lipinski definition) is 0. The molecule has 0 unspecified atom stereocenters. The normalized spacial score (nSPS) is 10.1. The van der Waals surface area contributed by atoms with Crippen molar-refractivity contribution in [3.05, 3.63) is 30.5 Å². The number of rotatable bonds is 1. The molecular formula is C7H7N5. The van der Waals surface area contributed by atoms with E-state index in [1.54, 1.807) is 29.5 Å². The predicted molar refractivity (Wildman–Crippen MR) is 41.7 cm³/mol. The minimum absolute atomic E-state index is 0.679. The quantitative estimate of drug-likeness (QED) is 0.606. The van der Waals surface area contributed by atoms with Crippen LogP contribution in [0.15, 0.2) is 24.8 Å². The Morgan fingerprint density at radius 1 is 1.33 bits per heavy atom. The molecule has 0 saturated heterocycles. The zero-order valence-electron chi connectivity index (χ0n) is 6.55. The highest BCUT2D eigenvalue weighted by molar-refractivity contribution is 5.14. The first kappa shape index (κ1) is 6.90. The van der Waals surface area contributed by atoms with Gasteiger partial charge < -0.3 is 0 Å². The molecule has 0 N–H and O–H groups in total. The van der Waals surface area contributed by atoms with Crippen LogP contribution in [0.4, 0.5) is 0 Å². The molecule has 2 rings (SSSR count). The van der Waals surface area contributed by atoms with Crippen LogP contribution in [0.25, 0.3) is 5.82 Å². The van der Waals surface area contributed by atoms with E-state index in [1.165, 1.54) is 0 Å². The van der Waals surface area contributed by atoms with Gasteiger partial charge in [0.25, 0.3) is 0 Å². The third-order valence-electron chi connectivity index (χ3n) is 1.39. The van der Waals surface area contributed by atoms with Crippen molar-refractivity contribution in [1.29, 1.82) is 0 Å². The van der Waals surface area contributed by atoms with Gasteiger partial charge in [-0.3, -0.25) is 4.98 Å². The van der Waals surface area contributed by atoms with Crippen molar-refractivity contribution in [2.24, 2.45) is 0 Å². The highest BCUT2D eigenvalue weighted by Gasteiger charge is 1.98. The average molecular weight is 161 g/mol. The van der Waals surface area contributed by atoms with Crippen LogP contribution >= 0.6 is 0 Å². The van der Waals surface area contributed by atoms with Crippen molar-refractivity contribution < 1.29 is 0 Å². The van der Waals surface area contributed by atoms with Gasteiger partial charge in [-0.1, -0.05) is 5.21 Å². The van der Waals surface area contributed by atoms with E-state index >= 15 is 0 Å². The maximum Gasteiger partial charge on any atom is 0.173 e. The lowest BCUT2D eigenvalue weighted by Crippen LogP contribution is -1.97. The van der Waals surface area contributed by atoms with Gasteiger partial charge in [-0.25, -0.2) is 9.67 Å². The van der Waals surface area contributed by atoms with Crippen molar-refractivity contribution in [2.45, 2.75) is 6.92 Å². The molecule has 2 aromatic rings. The first-order chi connectivity index (χ1) is 5.86. The SMILES string of the molecule is Cc1cn(-c2cnccn2)nn1. The lowest BCUT2D eigenvalue weighted by Gasteiger charge is -1.94. The van der Waals surface area contributed by atoms with Gasteiger partial charge in [0.15, 0.2) is 5.82 Å². The Bertz CT molecular complexity index is 366. The molecule has 0 aliphatic carbocycles. The summed E-state index contributed by atoms with van der Waals surface area (Å²) in [6.07, 6.45) is 6.66. The van der Waals surface area contributed by atoms with E-state index in [9.17, 15) is 0 Å². The fourth-order valence-electron chi connectivity index (χ4n) is 0.869. The Labute approximate surface area is 69.1 Å². The summed E-state index contributed by atoms with van der Waals surface area (Å²) in [5.41, 5.74) is 0.862. The van der Waals surface area contributed by atoms with E-state index in [1.807, 2.05) is 6.92 Å². The number of nitrogens with zero attached hydrogens (tertiary/aromatic N) is 5. The summed E-state index contributed by atoms with van der Waals surface area (Å²) in [6, 6.07) is 0. The third kappa shape index (κ3) is 1.16. The first-order valence-electron chi connectivity index (χ1n) is 3.51. The van der Waals surface area contributed by atoms with Crippen LogP contribution < -0.4 is 0 Å². The monoisotopic (exact) mass is 161 g/mol. The van der Waals surface area contributed by atoms with Gasteiger partial charge in [0.05, 0.1) is 18.1 Å². The first-order valence-corrected chi connectivity index (χ1v) is 3.51. The van der Waals surface area contributed by atoms with Crippen molar-refractivity contribution in [1.82, 2.24) is 25.0 Å². The van der Waals surface area contributed by atoms with Gasteiger partial charge in [-0.15, -0.1) is 5.10 Å². The standard InChI is InChI=1S/C7H7N5/c1-6-5-12(11-10-6)7-4-8-2-3-9-7/h2-5H,1H3. The summed E-state index contributed by atoms with van der Waals surface area (Å²) in [5, 5.41) is 7.69. The summed E-state index contributed by atoms with van der Waals surface area (Å²) >= 11 is 0. The minimum Gasteiger partial charge on any atom is -0.259 e. The summed E-state index contributed by atoms with van der Waals surface area (Å²) in [7, 11) is 0. The van der Waals surface area contributed by atoms with E-state index in [2.05, 4.69) is 20.3 Å². The van der Waals surface area contributed by atoms with E-state index in [0.29, 0.717) is 5.82 Å². The molecule has 0 spiro atoms. The molecule has 2 heterocycles. The van der Waals surface area contributed by atoms with Gasteiger partial charge in [0, 0.05) is 12.4 Å². The van der Waals surface area contributed by atoms with Crippen molar-refractivity contribution in [3.63, 3.8) is 0 Å². The van der Waals surface area contributed by atoms with Gasteiger partial charge >= 0.3 is 0 Å². The molecule has 0 aromatic carbocycles. The second-order valence-electron chi connectivity index (χ2n) is 2.37. The molecule has 60 valence electrons. The summed E-state index contributed by atoms with van der Waals surface area (Å²) in [5.74, 6) is 0.679. The molecule has 12 heavy (non-hydrogen) atoms. The Morgan fingerprint density at radius 2 is 2.25 bits per heavy atom. The largest absolute Gasteiger partial charge is 0.259 e. The minimum atomic E-state index is 0.679. The van der Waals surface area contributed by atoms with Gasteiger partial charge in [0.2, 0.25) is 0 Å². The molecule has 5 heteroatoms. The highest BCUT2D eigenvalue weighted by Crippen LogP contribution is 1.98. The number of aryl methyl sites for hydroxylation is 1. The topological polar surface area (TPSA) is 56.5 Å². The second-order valence-corrected chi connectivity index (χ2v) is 2.37. The summed E-state index contributed by atoms with van der Waals surface area (Å²) in [4.78, 5) is 7.98. The molecule has 0 fully saturated rings. The number of aromatic nitrogens is 5. The van der Waals surface area contributed by atoms with E-state index in [4.69, 9.17) is 0 Å². The molecule has 0 bridgehead atoms. The zero-order chi connectivity index (χ0) is 8.39. The second kappa shape index (κ2) is 2.69. The molecule has 0 atom stereocenters. The Balaban J connectivity index is 2.45. The summed E-state index contributed by atoms with van der Waals surface area (Å²) < 4.78 is 1.59. The smallest absolute Gasteiger partial charge is 0.173 e. The van der Waals surface area contributed by atoms with E-state index in [0.717, 1.165) is 5.69 Å². The van der Waals surface area contributed by atoms with Crippen LogP contribution in [-0.4, -0.2) is 25.0 Å². The van der Waals surface area contributed by atoms with Gasteiger partial charge in [-0.2, -0.15) is 0 Å². The van der Waals surface area contributed by atoms with Crippen LogP contribution in [0.2, 0.25) is 0 Å². The van der Waals surface area contributed by atoms with Crippen LogP contribution in [0.3, 0.4) is 0 Å². The lowest BCUT2D eigenvalue weighted by molar-refractivity contribution is 0.774. The molecule has 0 aliphatic heterocycles. The fourth-order valence-corrected chi connectivity index (χ4v) is 0.869. The molecular weight excluding hydrogens is 154 g/mol. The number of hydrogen-bond acceptors (Lipinski definition) is 4. The average Bonchev–Trinajstić information content (AvgIpc) is 2.54. The van der Waals surface area contributed by atoms with E-state index in [-0.39, 0.29) is 0 Å². The van der Waals surface area contributed by atoms with Gasteiger partial charge in [-0.05, 0) is 6.92 Å². The molecule has 0 radical (unpaired) electrons. The van der Waals surface area contributed by atoms with E-state index < -0.39 is 0 Å². The van der Waals surface area contributed by atoms with Crippen LogP contribution in [0.1, 0.15) is 5.69 Å². The van der Waals surface area contributed by atoms with Gasteiger partial charge in [0.1, 0.15) is 0 Å². The van der Waals surface area contributed by atoms with Crippen molar-refractivity contribution in [3.8, 4) is 5.82 Å². The maximum atomic E-state index is 4.06. The molecule has 5 nitrogen and oxygen atoms in total. The van der Waals surface area contributed by atoms with Crippen LogP contribution in [0.5, 0.6) is 0 Å². The highest BCUT2D eigenvalue weighted by atomic mass is 15.4. The zero-order valence-corrected chi connectivity index (χ0v) is 6.55. The molecule has 0 amide bonds. The Morgan fingerprint density at radius 3 is 2.83 bits per heavy atom. The van der Waals surface area contributed by atoms with Crippen LogP contribution in [0, 0.1) is 6.92 Å². The predicted octanol–water partition coefficient (Wildman–Crippen LogP) is 0.366. The molecule has 2 aromatic heterocycles. The fraction of sp³-hybridized carbons (Fsp3) is 0.143. The van der Waals surface area contributed by atoms with Crippen molar-refractivity contribution >= 4 is 0 Å². The summed E-state index contributed by atoms with van der Waals surface area (Å²) in [6.45, 7) is 1.87. The third-order valence-corrected chi connectivity index (χ3v) is 1.39. The molecule has 0 saturated carbocycles. The van der Waals surface area contributed by atoms with Crippen LogP contribution in [-0.2, 0) is 0 Å². The van der Waals surface area contributed by atoms with Crippen molar-refractivity contribution in [2.75, 3.05) is 0 Å². The maximum absolute atomic E-state index is 4.06. The lowest BCUT2D eigenvalue weighted by atomic mass is 10.5.